The van der Waals surface area contributed by atoms with Crippen LogP contribution in [0.1, 0.15) is 6.92 Å². The summed E-state index contributed by atoms with van der Waals surface area (Å²) in [6.45, 7) is 2.75. The second kappa shape index (κ2) is 7.04. The summed E-state index contributed by atoms with van der Waals surface area (Å²) < 4.78 is 1.92. The van der Waals surface area contributed by atoms with Crippen LogP contribution in [0.15, 0.2) is 27.1 Å². The number of anilines is 4. The topological polar surface area (TPSA) is 66.0 Å². The summed E-state index contributed by atoms with van der Waals surface area (Å²) >= 11 is 6.94. The van der Waals surface area contributed by atoms with Gasteiger partial charge >= 0.3 is 0 Å². The molecule has 8 heteroatoms. The zero-order chi connectivity index (χ0) is 15.4. The van der Waals surface area contributed by atoms with E-state index in [0.717, 1.165) is 21.2 Å². The minimum Gasteiger partial charge on any atom is -0.354 e. The van der Waals surface area contributed by atoms with E-state index in [4.69, 9.17) is 0 Å². The fourth-order valence-corrected chi connectivity index (χ4v) is 2.72. The lowest BCUT2D eigenvalue weighted by Crippen LogP contribution is -2.16. The first kappa shape index (κ1) is 16.0. The van der Waals surface area contributed by atoms with Gasteiger partial charge in [0.25, 0.3) is 0 Å². The van der Waals surface area contributed by atoms with E-state index in [2.05, 4.69) is 57.4 Å². The molecule has 0 saturated carbocycles. The number of hydrogen-bond acceptors (Lipinski definition) is 6. The lowest BCUT2D eigenvalue weighted by molar-refractivity contribution is 0.953. The highest BCUT2D eigenvalue weighted by Gasteiger charge is 2.09. The summed E-state index contributed by atoms with van der Waals surface area (Å²) in [4.78, 5) is 14.9. The van der Waals surface area contributed by atoms with Crippen molar-refractivity contribution in [2.75, 3.05) is 36.2 Å². The van der Waals surface area contributed by atoms with Crippen molar-refractivity contribution in [1.29, 1.82) is 0 Å². The quantitative estimate of drug-likeness (QED) is 0.777. The molecule has 1 aromatic carbocycles. The maximum absolute atomic E-state index is 4.39. The van der Waals surface area contributed by atoms with Crippen molar-refractivity contribution in [3.8, 4) is 0 Å². The van der Waals surface area contributed by atoms with E-state index in [1.807, 2.05) is 44.1 Å². The molecule has 0 spiro atoms. The Labute approximate surface area is 140 Å². The van der Waals surface area contributed by atoms with Crippen LogP contribution < -0.4 is 15.5 Å². The summed E-state index contributed by atoms with van der Waals surface area (Å²) in [6.07, 6.45) is 0. The van der Waals surface area contributed by atoms with E-state index in [1.165, 1.54) is 0 Å². The van der Waals surface area contributed by atoms with Crippen molar-refractivity contribution in [2.45, 2.75) is 6.92 Å². The fraction of sp³-hybridized carbons (Fsp3) is 0.308. The highest BCUT2D eigenvalue weighted by molar-refractivity contribution is 9.11. The second-order valence-corrected chi connectivity index (χ2v) is 6.23. The minimum absolute atomic E-state index is 0.493. The Bertz CT molecular complexity index is 632. The van der Waals surface area contributed by atoms with E-state index in [1.54, 1.807) is 0 Å². The number of halogens is 2. The number of aromatic nitrogens is 3. The standard InChI is InChI=1S/C13H16Br2N6/c1-4-16-11-18-12(20-13(19-11)21(2)3)17-10-6-5-8(14)7-9(10)15/h5-7H,4H2,1-3H3,(H2,16,17,18,19,20). The van der Waals surface area contributed by atoms with Crippen LogP contribution in [0.2, 0.25) is 0 Å². The third kappa shape index (κ3) is 4.28. The van der Waals surface area contributed by atoms with Crippen molar-refractivity contribution in [3.05, 3.63) is 27.1 Å². The third-order valence-electron chi connectivity index (χ3n) is 2.54. The van der Waals surface area contributed by atoms with Crippen molar-refractivity contribution >= 4 is 55.4 Å². The van der Waals surface area contributed by atoms with Crippen LogP contribution in [0.25, 0.3) is 0 Å². The number of nitrogens with zero attached hydrogens (tertiary/aromatic N) is 4. The molecule has 0 radical (unpaired) electrons. The summed E-state index contributed by atoms with van der Waals surface area (Å²) in [7, 11) is 3.79. The van der Waals surface area contributed by atoms with E-state index >= 15 is 0 Å². The highest BCUT2D eigenvalue weighted by Crippen LogP contribution is 2.28. The lowest BCUT2D eigenvalue weighted by Gasteiger charge is -2.14. The highest BCUT2D eigenvalue weighted by atomic mass is 79.9. The summed E-state index contributed by atoms with van der Waals surface area (Å²) in [6, 6.07) is 5.86. The molecule has 2 aromatic rings. The monoisotopic (exact) mass is 414 g/mol. The van der Waals surface area contributed by atoms with Gasteiger partial charge in [0.2, 0.25) is 17.8 Å². The number of rotatable bonds is 5. The Morgan fingerprint density at radius 2 is 1.81 bits per heavy atom. The van der Waals surface area contributed by atoms with Crippen LogP contribution >= 0.6 is 31.9 Å². The van der Waals surface area contributed by atoms with Crippen LogP contribution in [0.4, 0.5) is 23.5 Å². The Kier molecular flexibility index (Phi) is 5.35. The molecule has 2 N–H and O–H groups in total. The third-order valence-corrected chi connectivity index (χ3v) is 3.69. The Morgan fingerprint density at radius 1 is 1.10 bits per heavy atom. The molecule has 0 aliphatic rings. The van der Waals surface area contributed by atoms with Crippen LogP contribution in [0.5, 0.6) is 0 Å². The SMILES string of the molecule is CCNc1nc(Nc2ccc(Br)cc2Br)nc(N(C)C)n1. The molecule has 112 valence electrons. The van der Waals surface area contributed by atoms with Gasteiger partial charge < -0.3 is 15.5 Å². The van der Waals surface area contributed by atoms with Crippen LogP contribution in [0.3, 0.4) is 0 Å². The largest absolute Gasteiger partial charge is 0.354 e. The molecule has 0 atom stereocenters. The van der Waals surface area contributed by atoms with Gasteiger partial charge in [0.1, 0.15) is 0 Å². The van der Waals surface area contributed by atoms with Gasteiger partial charge in [-0.05, 0) is 41.1 Å². The zero-order valence-corrected chi connectivity index (χ0v) is 15.2. The van der Waals surface area contributed by atoms with Gasteiger partial charge in [-0.2, -0.15) is 15.0 Å². The van der Waals surface area contributed by atoms with Gasteiger partial charge in [-0.25, -0.2) is 0 Å². The van der Waals surface area contributed by atoms with Gasteiger partial charge in [0, 0.05) is 29.6 Å². The molecule has 0 aliphatic heterocycles. The van der Waals surface area contributed by atoms with E-state index in [-0.39, 0.29) is 0 Å². The molecule has 21 heavy (non-hydrogen) atoms. The van der Waals surface area contributed by atoms with Crippen molar-refractivity contribution in [3.63, 3.8) is 0 Å². The van der Waals surface area contributed by atoms with E-state index in [9.17, 15) is 0 Å². The van der Waals surface area contributed by atoms with Gasteiger partial charge in [0.05, 0.1) is 5.69 Å². The first-order valence-corrected chi connectivity index (χ1v) is 7.97. The smallest absolute Gasteiger partial charge is 0.233 e. The van der Waals surface area contributed by atoms with Crippen LogP contribution in [-0.2, 0) is 0 Å². The Balaban J connectivity index is 2.33. The minimum atomic E-state index is 0.493. The van der Waals surface area contributed by atoms with Gasteiger partial charge in [0.15, 0.2) is 0 Å². The second-order valence-electron chi connectivity index (χ2n) is 4.46. The maximum Gasteiger partial charge on any atom is 0.233 e. The summed E-state index contributed by atoms with van der Waals surface area (Å²) in [5.41, 5.74) is 0.886. The molecule has 0 aliphatic carbocycles. The molecular formula is C13H16Br2N6. The van der Waals surface area contributed by atoms with Crippen molar-refractivity contribution < 1.29 is 0 Å². The summed E-state index contributed by atoms with van der Waals surface area (Å²) in [5.74, 6) is 1.64. The van der Waals surface area contributed by atoms with E-state index in [0.29, 0.717) is 17.8 Å². The molecule has 0 unspecified atom stereocenters. The van der Waals surface area contributed by atoms with Crippen molar-refractivity contribution in [2.24, 2.45) is 0 Å². The van der Waals surface area contributed by atoms with Gasteiger partial charge in [-0.3, -0.25) is 0 Å². The maximum atomic E-state index is 4.39. The molecule has 1 heterocycles. The zero-order valence-electron chi connectivity index (χ0n) is 12.0. The van der Waals surface area contributed by atoms with E-state index < -0.39 is 0 Å². The average molecular weight is 416 g/mol. The first-order valence-electron chi connectivity index (χ1n) is 6.39. The predicted molar refractivity (Wildman–Crippen MR) is 93.4 cm³/mol. The van der Waals surface area contributed by atoms with Crippen LogP contribution in [0, 0.1) is 0 Å². The summed E-state index contributed by atoms with van der Waals surface area (Å²) in [5, 5.41) is 6.30. The lowest BCUT2D eigenvalue weighted by atomic mass is 10.3. The molecule has 6 nitrogen and oxygen atoms in total. The average Bonchev–Trinajstić information content (AvgIpc) is 2.42. The molecule has 2 rings (SSSR count). The van der Waals surface area contributed by atoms with Crippen LogP contribution in [-0.4, -0.2) is 35.6 Å². The first-order chi connectivity index (χ1) is 9.99. The molecule has 0 bridgehead atoms. The van der Waals surface area contributed by atoms with Gasteiger partial charge in [-0.1, -0.05) is 15.9 Å². The number of hydrogen-bond donors (Lipinski definition) is 2. The number of nitrogens with one attached hydrogen (secondary N) is 2. The van der Waals surface area contributed by atoms with Crippen molar-refractivity contribution in [1.82, 2.24) is 15.0 Å². The molecule has 0 fully saturated rings. The number of benzene rings is 1. The Hall–Kier alpha value is -1.41. The molecule has 0 amide bonds. The Morgan fingerprint density at radius 3 is 2.43 bits per heavy atom. The molecule has 1 aromatic heterocycles. The molecule has 0 saturated heterocycles. The fourth-order valence-electron chi connectivity index (χ4n) is 1.57. The molecular weight excluding hydrogens is 400 g/mol. The normalized spacial score (nSPS) is 10.3. The van der Waals surface area contributed by atoms with Gasteiger partial charge in [-0.15, -0.1) is 0 Å². The predicted octanol–water partition coefficient (Wildman–Crippen LogP) is 3.64.